The minimum Gasteiger partial charge on any atom is -0.378 e. The van der Waals surface area contributed by atoms with Crippen molar-refractivity contribution >= 4 is 17.8 Å². The molecule has 1 aliphatic heterocycles. The molecule has 3 aromatic rings. The lowest BCUT2D eigenvalue weighted by atomic mass is 10.0. The lowest BCUT2D eigenvalue weighted by Gasteiger charge is -2.29. The number of rotatable bonds is 12. The van der Waals surface area contributed by atoms with Gasteiger partial charge in [0, 0.05) is 38.2 Å². The van der Waals surface area contributed by atoms with Crippen molar-refractivity contribution in [2.24, 2.45) is 0 Å². The quantitative estimate of drug-likeness (QED) is 0.298. The standard InChI is InChI=1S/C33H38N4O4/c38-31(34-25-28-14-8-3-9-15-28)19-18-29(17-16-26-10-4-1-5-11-26)35-32(39)30(24-27-12-6-2-7-13-27)36-33(40)37-20-22-41-23-21-37/h1-15,18-19,29-30H,16-17,20-25H2,(H,34,38)(H,35,39)(H,36,40)/b19-18+/t29-,30-/m0/s1. The molecule has 8 nitrogen and oxygen atoms in total. The molecule has 3 N–H and O–H groups in total. The first-order valence-corrected chi connectivity index (χ1v) is 14.1. The highest BCUT2D eigenvalue weighted by atomic mass is 16.5. The first-order chi connectivity index (χ1) is 20.1. The molecule has 1 heterocycles. The maximum absolute atomic E-state index is 13.6. The van der Waals surface area contributed by atoms with Crippen LogP contribution in [-0.2, 0) is 33.7 Å². The van der Waals surface area contributed by atoms with Crippen LogP contribution in [0.25, 0.3) is 0 Å². The van der Waals surface area contributed by atoms with Gasteiger partial charge in [-0.25, -0.2) is 4.79 Å². The minimum absolute atomic E-state index is 0.241. The van der Waals surface area contributed by atoms with Crippen molar-refractivity contribution in [2.75, 3.05) is 26.3 Å². The summed E-state index contributed by atoms with van der Waals surface area (Å²) in [7, 11) is 0. The number of hydrogen-bond acceptors (Lipinski definition) is 4. The zero-order valence-corrected chi connectivity index (χ0v) is 23.2. The van der Waals surface area contributed by atoms with Gasteiger partial charge in [0.2, 0.25) is 11.8 Å². The van der Waals surface area contributed by atoms with Gasteiger partial charge >= 0.3 is 6.03 Å². The molecular weight excluding hydrogens is 516 g/mol. The second kappa shape index (κ2) is 16.0. The van der Waals surface area contributed by atoms with Gasteiger partial charge in [-0.05, 0) is 29.5 Å². The first kappa shape index (κ1) is 29.6. The van der Waals surface area contributed by atoms with E-state index in [1.807, 2.05) is 91.0 Å². The highest BCUT2D eigenvalue weighted by Gasteiger charge is 2.26. The second-order valence-electron chi connectivity index (χ2n) is 9.99. The summed E-state index contributed by atoms with van der Waals surface area (Å²) in [5.41, 5.74) is 3.07. The Hall–Kier alpha value is -4.43. The molecule has 1 aliphatic rings. The average molecular weight is 555 g/mol. The van der Waals surface area contributed by atoms with Crippen molar-refractivity contribution in [3.63, 3.8) is 0 Å². The Morgan fingerprint density at radius 2 is 1.37 bits per heavy atom. The molecular formula is C33H38N4O4. The van der Waals surface area contributed by atoms with Gasteiger partial charge in [-0.2, -0.15) is 0 Å². The Morgan fingerprint density at radius 1 is 0.780 bits per heavy atom. The molecule has 4 amide bonds. The van der Waals surface area contributed by atoms with Gasteiger partial charge in [0.15, 0.2) is 0 Å². The van der Waals surface area contributed by atoms with Crippen molar-refractivity contribution in [1.82, 2.24) is 20.9 Å². The number of carbonyl (C=O) groups is 3. The van der Waals surface area contributed by atoms with E-state index in [9.17, 15) is 14.4 Å². The third-order valence-electron chi connectivity index (χ3n) is 6.90. The summed E-state index contributed by atoms with van der Waals surface area (Å²) in [6.45, 7) is 2.32. The molecule has 3 aromatic carbocycles. The van der Waals surface area contributed by atoms with Crippen LogP contribution in [0.2, 0.25) is 0 Å². The first-order valence-electron chi connectivity index (χ1n) is 14.1. The molecule has 0 radical (unpaired) electrons. The minimum atomic E-state index is -0.785. The molecule has 1 saturated heterocycles. The Kier molecular flexibility index (Phi) is 11.5. The van der Waals surface area contributed by atoms with E-state index in [2.05, 4.69) is 16.0 Å². The van der Waals surface area contributed by atoms with Gasteiger partial charge in [-0.1, -0.05) is 97.1 Å². The van der Waals surface area contributed by atoms with Crippen LogP contribution in [0.5, 0.6) is 0 Å². The maximum atomic E-state index is 13.6. The fraction of sp³-hybridized carbons (Fsp3) is 0.303. The molecule has 0 aliphatic carbocycles. The predicted molar refractivity (Wildman–Crippen MR) is 159 cm³/mol. The van der Waals surface area contributed by atoms with Crippen molar-refractivity contribution in [3.8, 4) is 0 Å². The van der Waals surface area contributed by atoms with Crippen LogP contribution in [0.15, 0.2) is 103 Å². The van der Waals surface area contributed by atoms with Crippen LogP contribution in [0.1, 0.15) is 23.1 Å². The van der Waals surface area contributed by atoms with E-state index in [1.165, 1.54) is 6.08 Å². The number of aryl methyl sites for hydroxylation is 1. The summed E-state index contributed by atoms with van der Waals surface area (Å²) in [6, 6.07) is 27.8. The fourth-order valence-electron chi connectivity index (χ4n) is 4.58. The highest BCUT2D eigenvalue weighted by molar-refractivity contribution is 5.89. The lowest BCUT2D eigenvalue weighted by Crippen LogP contribution is -2.55. The zero-order valence-electron chi connectivity index (χ0n) is 23.2. The summed E-state index contributed by atoms with van der Waals surface area (Å²) in [5, 5.41) is 8.90. The van der Waals surface area contributed by atoms with E-state index in [4.69, 9.17) is 4.74 Å². The van der Waals surface area contributed by atoms with Gasteiger partial charge in [0.25, 0.3) is 0 Å². The Bertz CT molecular complexity index is 1260. The van der Waals surface area contributed by atoms with Crippen LogP contribution in [0.3, 0.4) is 0 Å². The highest BCUT2D eigenvalue weighted by Crippen LogP contribution is 2.09. The van der Waals surface area contributed by atoms with Crippen LogP contribution in [0, 0.1) is 0 Å². The van der Waals surface area contributed by atoms with Gasteiger partial charge in [-0.3, -0.25) is 9.59 Å². The van der Waals surface area contributed by atoms with Gasteiger partial charge in [-0.15, -0.1) is 0 Å². The summed E-state index contributed by atoms with van der Waals surface area (Å²) >= 11 is 0. The van der Waals surface area contributed by atoms with Crippen molar-refractivity contribution in [3.05, 3.63) is 120 Å². The van der Waals surface area contributed by atoms with Gasteiger partial charge < -0.3 is 25.6 Å². The van der Waals surface area contributed by atoms with Crippen LogP contribution in [-0.4, -0.2) is 61.1 Å². The Balaban J connectivity index is 1.44. The number of nitrogens with zero attached hydrogens (tertiary/aromatic N) is 1. The maximum Gasteiger partial charge on any atom is 0.318 e. The number of benzene rings is 3. The van der Waals surface area contributed by atoms with E-state index in [-0.39, 0.29) is 17.8 Å². The fourth-order valence-corrected chi connectivity index (χ4v) is 4.58. The largest absolute Gasteiger partial charge is 0.378 e. The molecule has 1 fully saturated rings. The summed E-state index contributed by atoms with van der Waals surface area (Å²) in [6.07, 6.45) is 4.84. The van der Waals surface area contributed by atoms with Crippen LogP contribution < -0.4 is 16.0 Å². The lowest BCUT2D eigenvalue weighted by molar-refractivity contribution is -0.123. The average Bonchev–Trinajstić information content (AvgIpc) is 3.02. The predicted octanol–water partition coefficient (Wildman–Crippen LogP) is 3.63. The van der Waals surface area contributed by atoms with E-state index in [0.717, 1.165) is 16.7 Å². The summed E-state index contributed by atoms with van der Waals surface area (Å²) < 4.78 is 5.36. The number of carbonyl (C=O) groups excluding carboxylic acids is 3. The molecule has 214 valence electrons. The number of morpholine rings is 1. The van der Waals surface area contributed by atoms with Gasteiger partial charge in [0.05, 0.1) is 13.2 Å². The number of hydrogen-bond donors (Lipinski definition) is 3. The monoisotopic (exact) mass is 554 g/mol. The SMILES string of the molecule is O=C(/C=C/[C@H](CCc1ccccc1)NC(=O)[C@H](Cc1ccccc1)NC(=O)N1CCOCC1)NCc1ccccc1. The number of ether oxygens (including phenoxy) is 1. The number of urea groups is 1. The molecule has 41 heavy (non-hydrogen) atoms. The summed E-state index contributed by atoms with van der Waals surface area (Å²) in [5.74, 6) is -0.544. The molecule has 4 rings (SSSR count). The van der Waals surface area contributed by atoms with Gasteiger partial charge in [0.1, 0.15) is 6.04 Å². The van der Waals surface area contributed by atoms with Crippen molar-refractivity contribution in [1.29, 1.82) is 0 Å². The topological polar surface area (TPSA) is 99.8 Å². The van der Waals surface area contributed by atoms with Crippen LogP contribution >= 0.6 is 0 Å². The van der Waals surface area contributed by atoms with Crippen molar-refractivity contribution in [2.45, 2.75) is 37.9 Å². The molecule has 0 aromatic heterocycles. The van der Waals surface area contributed by atoms with E-state index in [0.29, 0.717) is 52.1 Å². The smallest absolute Gasteiger partial charge is 0.318 e. The number of amides is 4. The molecule has 0 unspecified atom stereocenters. The van der Waals surface area contributed by atoms with Crippen molar-refractivity contribution < 1.29 is 19.1 Å². The second-order valence-corrected chi connectivity index (χ2v) is 9.99. The Labute approximate surface area is 241 Å². The third-order valence-corrected chi connectivity index (χ3v) is 6.90. The Morgan fingerprint density at radius 3 is 2.00 bits per heavy atom. The zero-order chi connectivity index (χ0) is 28.7. The molecule has 0 saturated carbocycles. The normalized spacial score (nSPS) is 14.7. The summed E-state index contributed by atoms with van der Waals surface area (Å²) in [4.78, 5) is 40.9. The third kappa shape index (κ3) is 10.2. The molecule has 0 bridgehead atoms. The molecule has 0 spiro atoms. The van der Waals surface area contributed by atoms with Crippen LogP contribution in [0.4, 0.5) is 4.79 Å². The number of nitrogens with one attached hydrogen (secondary N) is 3. The van der Waals surface area contributed by atoms with E-state index in [1.54, 1.807) is 11.0 Å². The van der Waals surface area contributed by atoms with E-state index >= 15 is 0 Å². The molecule has 2 atom stereocenters. The van der Waals surface area contributed by atoms with E-state index < -0.39 is 12.1 Å². The molecule has 8 heteroatoms.